The van der Waals surface area contributed by atoms with Crippen LogP contribution in [0.3, 0.4) is 0 Å². The maximum Gasteiger partial charge on any atom is 0.524 e. The van der Waals surface area contributed by atoms with Crippen LogP contribution in [0.4, 0.5) is 5.69 Å². The topological polar surface area (TPSA) is 411 Å². The first-order valence-electron chi connectivity index (χ1n) is 31.4. The molecule has 6 atom stereocenters. The van der Waals surface area contributed by atoms with Gasteiger partial charge in [0.1, 0.15) is 52.4 Å². The first-order chi connectivity index (χ1) is 46.4. The molecule has 0 aliphatic carbocycles. The number of rotatable bonds is 32. The first kappa shape index (κ1) is 82.4. The van der Waals surface area contributed by atoms with Gasteiger partial charge in [0.2, 0.25) is 17.7 Å². The largest absolute Gasteiger partial charge is 0.524 e. The van der Waals surface area contributed by atoms with Gasteiger partial charge in [0, 0.05) is 55.3 Å². The highest BCUT2D eigenvalue weighted by Crippen LogP contribution is 2.39. The van der Waals surface area contributed by atoms with E-state index in [4.69, 9.17) is 45.4 Å². The van der Waals surface area contributed by atoms with Gasteiger partial charge in [-0.3, -0.25) is 63.1 Å². The van der Waals surface area contributed by atoms with Crippen molar-refractivity contribution < 1.29 is 94.9 Å². The molecule has 0 aliphatic heterocycles. The van der Waals surface area contributed by atoms with Crippen molar-refractivity contribution in [2.75, 3.05) is 14.2 Å². The molecule has 1 aromatic heterocycles. The molecule has 0 saturated heterocycles. The quantitative estimate of drug-likeness (QED) is 0.0138. The van der Waals surface area contributed by atoms with Gasteiger partial charge < -0.3 is 54.9 Å². The van der Waals surface area contributed by atoms with Crippen LogP contribution in [0, 0.1) is 24.3 Å². The van der Waals surface area contributed by atoms with Crippen molar-refractivity contribution in [2.24, 2.45) is 17.8 Å². The van der Waals surface area contributed by atoms with Crippen LogP contribution in [0.1, 0.15) is 129 Å². The molecule has 6 amide bonds. The van der Waals surface area contributed by atoms with E-state index in [-0.39, 0.29) is 77.9 Å². The van der Waals surface area contributed by atoms with E-state index in [1.54, 1.807) is 72.9 Å². The summed E-state index contributed by atoms with van der Waals surface area (Å²) in [6, 6.07) is 29.1. The number of carbonyl (C=O) groups is 6. The number of aromatic nitrogens is 1. The molecule has 0 bridgehead atoms. The number of hydrogen-bond donors (Lipinski definition) is 12. The molecule has 0 fully saturated rings. The number of methoxy groups -OCH3 is 2. The summed E-state index contributed by atoms with van der Waals surface area (Å²) >= 11 is 0. The lowest BCUT2D eigenvalue weighted by Crippen LogP contribution is -2.50. The number of nitrogens with zero attached hydrogens (tertiary/aromatic N) is 2. The Kier molecular flexibility index (Phi) is 32.9. The molecule has 99 heavy (non-hydrogen) atoms. The van der Waals surface area contributed by atoms with Crippen LogP contribution in [0.25, 0.3) is 4.85 Å². The summed E-state index contributed by atoms with van der Waals surface area (Å²) < 4.78 is 57.2. The molecule has 536 valence electrons. The summed E-state index contributed by atoms with van der Waals surface area (Å²) in [5.41, 5.74) is 3.21. The number of phosphoric ester groups is 3. The number of ether oxygens (including phenoxy) is 2. The molecule has 5 aromatic carbocycles. The Labute approximate surface area is 576 Å². The zero-order valence-electron chi connectivity index (χ0n) is 56.9. The van der Waals surface area contributed by atoms with Gasteiger partial charge >= 0.3 is 23.5 Å². The van der Waals surface area contributed by atoms with Crippen molar-refractivity contribution in [3.8, 4) is 28.7 Å². The standard InChI is InChI=1S/C24H33N2O8P.C23H28N3O6P.C21H28N3O6P/c1-15(2)13-16(3)25-23(27)19(14-17-9-11-18(12-10-17)34-35(29,30)31)26-24(28)22-20(32-4)7-6-8-21(22)33-5;1-15(2)13-16(3)25-23(28)21(26-22(27)18-7-9-19(24-4)10-8-18)14-17-5-11-20(12-6-17)32-33(29,30)31;1-14(2)11-15(3)23-21(26)19(24-20(25)17-5-4-10-22-13-17)12-16-6-8-18(9-7-16)30-31(27,28)29/h6-12,15-16,19H,13-14H2,1-5H3,(H,25,27)(H,26,28)(H2,29,30,31);5-12,15-16,21H,13-14H2,1-3H3,(H,25,28)(H,26,27)(H2,29,30,31);4-10,13-15,19H,11-12H2,1-3H3,(H,23,26)(H,24,25)(H2,27,28,29). The highest BCUT2D eigenvalue weighted by Gasteiger charge is 2.29. The smallest absolute Gasteiger partial charge is 0.496 e. The van der Waals surface area contributed by atoms with E-state index in [9.17, 15) is 42.5 Å². The summed E-state index contributed by atoms with van der Waals surface area (Å²) in [5, 5.41) is 17.1. The minimum absolute atomic E-state index is 0.00281. The second-order valence-electron chi connectivity index (χ2n) is 24.4. The Bertz CT molecular complexity index is 3770. The van der Waals surface area contributed by atoms with E-state index in [1.807, 2.05) is 20.8 Å². The third kappa shape index (κ3) is 31.6. The van der Waals surface area contributed by atoms with Crippen molar-refractivity contribution in [1.82, 2.24) is 36.9 Å². The van der Waals surface area contributed by atoms with Crippen LogP contribution in [0.15, 0.2) is 140 Å². The minimum Gasteiger partial charge on any atom is -0.496 e. The van der Waals surface area contributed by atoms with Crippen molar-refractivity contribution in [3.05, 3.63) is 185 Å². The predicted octanol–water partition coefficient (Wildman–Crippen LogP) is 9.11. The van der Waals surface area contributed by atoms with Gasteiger partial charge in [0.05, 0.1) is 26.4 Å². The molecule has 28 nitrogen and oxygen atoms in total. The van der Waals surface area contributed by atoms with E-state index in [0.29, 0.717) is 62.8 Å². The highest BCUT2D eigenvalue weighted by molar-refractivity contribution is 7.47. The molecule has 12 N–H and O–H groups in total. The third-order valence-corrected chi connectivity index (χ3v) is 15.5. The molecule has 0 spiro atoms. The predicted molar refractivity (Wildman–Crippen MR) is 370 cm³/mol. The van der Waals surface area contributed by atoms with E-state index >= 15 is 0 Å². The Balaban J connectivity index is 0.000000316. The summed E-state index contributed by atoms with van der Waals surface area (Å²) in [4.78, 5) is 138. The van der Waals surface area contributed by atoms with Crippen LogP contribution in [-0.2, 0) is 47.3 Å². The molecular formula is C68H89N8O20P3. The average molecular weight is 1430 g/mol. The Morgan fingerprint density at radius 1 is 0.434 bits per heavy atom. The number of benzene rings is 5. The van der Waals surface area contributed by atoms with Gasteiger partial charge in [-0.05, 0) is 135 Å². The molecular weight excluding hydrogens is 1340 g/mol. The van der Waals surface area contributed by atoms with Gasteiger partial charge in [-0.1, -0.05) is 108 Å². The number of carbonyl (C=O) groups excluding carboxylic acids is 6. The molecule has 6 aromatic rings. The monoisotopic (exact) mass is 1430 g/mol. The van der Waals surface area contributed by atoms with Crippen LogP contribution < -0.4 is 54.9 Å². The van der Waals surface area contributed by atoms with Crippen molar-refractivity contribution in [3.63, 3.8) is 0 Å². The second-order valence-corrected chi connectivity index (χ2v) is 27.9. The van der Waals surface area contributed by atoms with Gasteiger partial charge in [-0.25, -0.2) is 18.5 Å². The molecule has 0 aliphatic rings. The summed E-state index contributed by atoms with van der Waals surface area (Å²) in [6.07, 6.45) is 5.77. The van der Waals surface area contributed by atoms with Gasteiger partial charge in [-0.2, -0.15) is 0 Å². The molecule has 0 saturated carbocycles. The first-order valence-corrected chi connectivity index (χ1v) is 36.0. The normalized spacial score (nSPS) is 13.1. The minimum atomic E-state index is -4.69. The zero-order chi connectivity index (χ0) is 73.8. The average Bonchev–Trinajstić information content (AvgIpc) is 0.871. The number of amides is 6. The van der Waals surface area contributed by atoms with Gasteiger partial charge in [0.25, 0.3) is 17.7 Å². The van der Waals surface area contributed by atoms with E-state index in [2.05, 4.69) is 96.8 Å². The number of nitrogens with one attached hydrogen (secondary N) is 6. The Morgan fingerprint density at radius 2 is 0.758 bits per heavy atom. The van der Waals surface area contributed by atoms with Crippen LogP contribution in [0.2, 0.25) is 0 Å². The van der Waals surface area contributed by atoms with Gasteiger partial charge in [0.15, 0.2) is 5.69 Å². The SMILES string of the molecule is CC(C)CC(C)NC(=O)C(Cc1ccc(OP(=O)(O)O)cc1)NC(=O)c1cccnc1.COc1cccc(OC)c1C(=O)NC(Cc1ccc(OP(=O)(O)O)cc1)C(=O)NC(C)CC(C)C.[C-]#[N+]c1ccc(C(=O)NC(Cc2ccc(OP(=O)(O)O)cc2)C(=O)NC(C)CC(C)C)cc1. The van der Waals surface area contributed by atoms with Gasteiger partial charge in [-0.15, -0.1) is 0 Å². The number of hydrogen-bond acceptors (Lipinski definition) is 15. The van der Waals surface area contributed by atoms with E-state index in [1.165, 1.54) is 81.1 Å². The Morgan fingerprint density at radius 3 is 1.04 bits per heavy atom. The second kappa shape index (κ2) is 39.6. The van der Waals surface area contributed by atoms with Crippen LogP contribution in [-0.4, -0.2) is 120 Å². The lowest BCUT2D eigenvalue weighted by atomic mass is 10.0. The van der Waals surface area contributed by atoms with Crippen molar-refractivity contribution in [2.45, 2.75) is 137 Å². The summed E-state index contributed by atoms with van der Waals surface area (Å²) in [5.74, 6) is -0.716. The summed E-state index contributed by atoms with van der Waals surface area (Å²) in [7, 11) is -11.1. The lowest BCUT2D eigenvalue weighted by molar-refractivity contribution is -0.124. The fraction of sp³-hybridized carbons (Fsp3) is 0.382. The van der Waals surface area contributed by atoms with E-state index in [0.717, 1.165) is 19.3 Å². The van der Waals surface area contributed by atoms with Crippen molar-refractivity contribution >= 4 is 64.6 Å². The molecule has 0 radical (unpaired) electrons. The van der Waals surface area contributed by atoms with Crippen molar-refractivity contribution in [1.29, 1.82) is 0 Å². The Hall–Kier alpha value is -8.99. The van der Waals surface area contributed by atoms with Crippen LogP contribution in [0.5, 0.6) is 28.7 Å². The third-order valence-electron chi connectivity index (χ3n) is 14.1. The highest BCUT2D eigenvalue weighted by atomic mass is 31.2. The summed E-state index contributed by atoms with van der Waals surface area (Å²) in [6.45, 7) is 25.0. The van der Waals surface area contributed by atoms with E-state index < -0.39 is 59.3 Å². The molecule has 31 heteroatoms. The fourth-order valence-corrected chi connectivity index (χ4v) is 11.3. The maximum atomic E-state index is 13.2. The molecule has 1 heterocycles. The lowest BCUT2D eigenvalue weighted by Gasteiger charge is -2.23. The number of pyridine rings is 1. The maximum absolute atomic E-state index is 13.2. The molecule has 6 rings (SSSR count). The number of phosphoric acid groups is 3. The fourth-order valence-electron chi connectivity index (χ4n) is 10.1. The zero-order valence-corrected chi connectivity index (χ0v) is 59.5. The molecule has 6 unspecified atom stereocenters. The van der Waals surface area contributed by atoms with Crippen LogP contribution >= 0.6 is 23.5 Å².